The maximum Gasteiger partial charge on any atom is 0.170 e. The summed E-state index contributed by atoms with van der Waals surface area (Å²) in [7, 11) is 0. The molecule has 0 radical (unpaired) electrons. The number of ether oxygens (including phenoxy) is 1. The summed E-state index contributed by atoms with van der Waals surface area (Å²) in [6.45, 7) is 0.615. The Labute approximate surface area is 115 Å². The highest BCUT2D eigenvalue weighted by Crippen LogP contribution is 2.33. The zero-order valence-electron chi connectivity index (χ0n) is 10.8. The molecule has 3 rings (SSSR count). The number of halogens is 1. The molecule has 0 aliphatic carbocycles. The summed E-state index contributed by atoms with van der Waals surface area (Å²) in [6.07, 6.45) is 0. The molecule has 0 amide bonds. The van der Waals surface area contributed by atoms with Gasteiger partial charge in [-0.3, -0.25) is 0 Å². The summed E-state index contributed by atoms with van der Waals surface area (Å²) in [6, 6.07) is 13.8. The summed E-state index contributed by atoms with van der Waals surface area (Å²) in [5.41, 5.74) is 7.32. The first-order valence-corrected chi connectivity index (χ1v) is 6.35. The molecular weight excluding hydrogens is 257 g/mol. The van der Waals surface area contributed by atoms with Crippen molar-refractivity contribution in [2.24, 2.45) is 5.73 Å². The van der Waals surface area contributed by atoms with Crippen molar-refractivity contribution in [3.63, 3.8) is 0 Å². The second-order valence-corrected chi connectivity index (χ2v) is 4.47. The molecule has 102 valence electrons. The van der Waals surface area contributed by atoms with E-state index in [-0.39, 0.29) is 12.4 Å². The number of hydrogen-bond donors (Lipinski definition) is 1. The summed E-state index contributed by atoms with van der Waals surface area (Å²) in [4.78, 5) is 0. The molecule has 0 fully saturated rings. The van der Waals surface area contributed by atoms with Gasteiger partial charge >= 0.3 is 0 Å². The van der Waals surface area contributed by atoms with Gasteiger partial charge < -0.3 is 14.9 Å². The number of para-hydroxylation sites is 1. The number of benzene rings is 2. The average molecular weight is 271 g/mol. The predicted molar refractivity (Wildman–Crippen MR) is 74.8 cm³/mol. The van der Waals surface area contributed by atoms with Crippen molar-refractivity contribution in [1.29, 1.82) is 0 Å². The van der Waals surface area contributed by atoms with Gasteiger partial charge in [0, 0.05) is 0 Å². The molecule has 0 saturated heterocycles. The first-order chi connectivity index (χ1) is 9.78. The fourth-order valence-corrected chi connectivity index (χ4v) is 2.10. The van der Waals surface area contributed by atoms with Gasteiger partial charge in [0.25, 0.3) is 0 Å². The van der Waals surface area contributed by atoms with Crippen LogP contribution < -0.4 is 10.5 Å². The SMILES string of the molecule is NCc1oc2ccccc2c1OCc1ccc(F)cc1. The fraction of sp³-hybridized carbons (Fsp3) is 0.125. The second kappa shape index (κ2) is 5.35. The summed E-state index contributed by atoms with van der Waals surface area (Å²) < 4.78 is 24.3. The molecule has 0 saturated carbocycles. The minimum Gasteiger partial charge on any atom is -0.485 e. The summed E-state index contributed by atoms with van der Waals surface area (Å²) in [5.74, 6) is 1.02. The van der Waals surface area contributed by atoms with Crippen molar-refractivity contribution in [2.75, 3.05) is 0 Å². The third-order valence-electron chi connectivity index (χ3n) is 3.10. The average Bonchev–Trinajstić information content (AvgIpc) is 2.84. The Morgan fingerprint density at radius 2 is 1.80 bits per heavy atom. The Kier molecular flexibility index (Phi) is 3.39. The standard InChI is InChI=1S/C16H14FNO2/c17-12-7-5-11(6-8-12)10-19-16-13-3-1-2-4-14(13)20-15(16)9-18/h1-8H,9-10,18H2. The van der Waals surface area contributed by atoms with Crippen molar-refractivity contribution >= 4 is 11.0 Å². The van der Waals surface area contributed by atoms with Crippen LogP contribution in [0.3, 0.4) is 0 Å². The number of nitrogens with two attached hydrogens (primary N) is 1. The zero-order chi connectivity index (χ0) is 13.9. The lowest BCUT2D eigenvalue weighted by atomic mass is 10.2. The van der Waals surface area contributed by atoms with E-state index in [0.29, 0.717) is 18.1 Å². The van der Waals surface area contributed by atoms with Crippen molar-refractivity contribution in [1.82, 2.24) is 0 Å². The highest BCUT2D eigenvalue weighted by molar-refractivity contribution is 5.85. The van der Waals surface area contributed by atoms with Gasteiger partial charge in [-0.1, -0.05) is 24.3 Å². The van der Waals surface area contributed by atoms with Crippen molar-refractivity contribution < 1.29 is 13.5 Å². The van der Waals surface area contributed by atoms with Gasteiger partial charge in [0.15, 0.2) is 11.5 Å². The largest absolute Gasteiger partial charge is 0.485 e. The minimum atomic E-state index is -0.259. The molecule has 0 bridgehead atoms. The molecule has 0 atom stereocenters. The van der Waals surface area contributed by atoms with E-state index >= 15 is 0 Å². The highest BCUT2D eigenvalue weighted by atomic mass is 19.1. The van der Waals surface area contributed by atoms with Crippen molar-refractivity contribution in [2.45, 2.75) is 13.2 Å². The number of hydrogen-bond acceptors (Lipinski definition) is 3. The van der Waals surface area contributed by atoms with Gasteiger partial charge in [-0.15, -0.1) is 0 Å². The number of furan rings is 1. The van der Waals surface area contributed by atoms with E-state index in [1.807, 2.05) is 24.3 Å². The molecule has 4 heteroatoms. The van der Waals surface area contributed by atoms with Crippen LogP contribution in [0.5, 0.6) is 5.75 Å². The van der Waals surface area contributed by atoms with E-state index in [9.17, 15) is 4.39 Å². The molecule has 20 heavy (non-hydrogen) atoms. The Morgan fingerprint density at radius 1 is 1.05 bits per heavy atom. The molecule has 3 aromatic rings. The van der Waals surface area contributed by atoms with Crippen LogP contribution in [0.1, 0.15) is 11.3 Å². The Balaban J connectivity index is 1.88. The molecule has 2 aromatic carbocycles. The van der Waals surface area contributed by atoms with Crippen molar-refractivity contribution in [3.8, 4) is 5.75 Å². The first-order valence-electron chi connectivity index (χ1n) is 6.35. The van der Waals surface area contributed by atoms with E-state index in [1.54, 1.807) is 12.1 Å². The lowest BCUT2D eigenvalue weighted by molar-refractivity contribution is 0.299. The Bertz CT molecular complexity index is 719. The topological polar surface area (TPSA) is 48.4 Å². The molecule has 0 spiro atoms. The van der Waals surface area contributed by atoms with Gasteiger partial charge in [-0.05, 0) is 29.8 Å². The highest BCUT2D eigenvalue weighted by Gasteiger charge is 2.14. The third-order valence-corrected chi connectivity index (χ3v) is 3.10. The molecule has 1 aromatic heterocycles. The van der Waals surface area contributed by atoms with Crippen LogP contribution in [0.4, 0.5) is 4.39 Å². The lowest BCUT2D eigenvalue weighted by Crippen LogP contribution is -2.00. The van der Waals surface area contributed by atoms with Crippen LogP contribution in [-0.2, 0) is 13.2 Å². The molecular formula is C16H14FNO2. The molecule has 0 unspecified atom stereocenters. The molecule has 2 N–H and O–H groups in total. The normalized spacial score (nSPS) is 10.9. The van der Waals surface area contributed by atoms with Crippen LogP contribution in [-0.4, -0.2) is 0 Å². The number of fused-ring (bicyclic) bond motifs is 1. The second-order valence-electron chi connectivity index (χ2n) is 4.47. The Morgan fingerprint density at radius 3 is 2.55 bits per heavy atom. The third kappa shape index (κ3) is 2.38. The zero-order valence-corrected chi connectivity index (χ0v) is 10.8. The van der Waals surface area contributed by atoms with Crippen molar-refractivity contribution in [3.05, 3.63) is 65.7 Å². The van der Waals surface area contributed by atoms with E-state index in [1.165, 1.54) is 12.1 Å². The van der Waals surface area contributed by atoms with E-state index < -0.39 is 0 Å². The smallest absolute Gasteiger partial charge is 0.170 e. The number of rotatable bonds is 4. The van der Waals surface area contributed by atoms with Crippen LogP contribution in [0.25, 0.3) is 11.0 Å². The fourth-order valence-electron chi connectivity index (χ4n) is 2.10. The van der Waals surface area contributed by atoms with E-state index in [0.717, 1.165) is 16.5 Å². The molecule has 0 aliphatic rings. The lowest BCUT2D eigenvalue weighted by Gasteiger charge is -2.06. The van der Waals surface area contributed by atoms with Crippen LogP contribution in [0.15, 0.2) is 52.9 Å². The quantitative estimate of drug-likeness (QED) is 0.788. The van der Waals surface area contributed by atoms with Gasteiger partial charge in [-0.25, -0.2) is 4.39 Å². The monoisotopic (exact) mass is 271 g/mol. The van der Waals surface area contributed by atoms with Crippen LogP contribution in [0.2, 0.25) is 0 Å². The minimum absolute atomic E-state index is 0.259. The molecule has 3 nitrogen and oxygen atoms in total. The van der Waals surface area contributed by atoms with Gasteiger partial charge in [0.05, 0.1) is 11.9 Å². The summed E-state index contributed by atoms with van der Waals surface area (Å²) >= 11 is 0. The van der Waals surface area contributed by atoms with Crippen LogP contribution in [0, 0.1) is 5.82 Å². The predicted octanol–water partition coefficient (Wildman–Crippen LogP) is 3.61. The Hall–Kier alpha value is -2.33. The maximum absolute atomic E-state index is 12.9. The van der Waals surface area contributed by atoms with Gasteiger partial charge in [0.2, 0.25) is 0 Å². The molecule has 1 heterocycles. The summed E-state index contributed by atoms with van der Waals surface area (Å²) in [5, 5.41) is 0.898. The van der Waals surface area contributed by atoms with E-state index in [4.69, 9.17) is 14.9 Å². The maximum atomic E-state index is 12.9. The van der Waals surface area contributed by atoms with E-state index in [2.05, 4.69) is 0 Å². The first kappa shape index (κ1) is 12.7. The van der Waals surface area contributed by atoms with Gasteiger partial charge in [-0.2, -0.15) is 0 Å². The molecule has 0 aliphatic heterocycles. The van der Waals surface area contributed by atoms with Crippen LogP contribution >= 0.6 is 0 Å². The van der Waals surface area contributed by atoms with Gasteiger partial charge in [0.1, 0.15) is 18.0 Å².